The highest BCUT2D eigenvalue weighted by Crippen LogP contribution is 2.26. The molecule has 1 aliphatic rings. The summed E-state index contributed by atoms with van der Waals surface area (Å²) >= 11 is 0. The quantitative estimate of drug-likeness (QED) is 0.731. The minimum Gasteiger partial charge on any atom is -0.289 e. The Morgan fingerprint density at radius 2 is 1.90 bits per heavy atom. The first kappa shape index (κ1) is 12.4. The Kier molecular flexibility index (Phi) is 3.18. The van der Waals surface area contributed by atoms with Crippen LogP contribution in [0.4, 0.5) is 0 Å². The zero-order valence-corrected chi connectivity index (χ0v) is 11.0. The third-order valence-electron chi connectivity index (χ3n) is 3.57. The van der Waals surface area contributed by atoms with Crippen molar-refractivity contribution in [2.75, 3.05) is 0 Å². The van der Waals surface area contributed by atoms with Gasteiger partial charge in [0, 0.05) is 11.1 Å². The highest BCUT2D eigenvalue weighted by atomic mass is 16.1. The van der Waals surface area contributed by atoms with Gasteiger partial charge >= 0.3 is 0 Å². The molecule has 0 radical (unpaired) electrons. The van der Waals surface area contributed by atoms with Gasteiger partial charge in [-0.25, -0.2) is 0 Å². The van der Waals surface area contributed by atoms with Crippen LogP contribution >= 0.6 is 0 Å². The number of carbonyl (C=O) groups excluding carboxylic acids is 1. The van der Waals surface area contributed by atoms with Gasteiger partial charge < -0.3 is 0 Å². The lowest BCUT2D eigenvalue weighted by atomic mass is 9.86. The molecule has 0 N–H and O–H groups in total. The number of Topliss-reactive ketones (excluding diaryl/α,β-unsaturated/α-hetero) is 1. The number of rotatable bonds is 1. The first-order chi connectivity index (χ1) is 9.78. The van der Waals surface area contributed by atoms with Gasteiger partial charge in [-0.2, -0.15) is 5.26 Å². The zero-order chi connectivity index (χ0) is 13.9. The molecule has 3 rings (SSSR count). The monoisotopic (exact) mass is 259 g/mol. The average molecular weight is 259 g/mol. The number of aryl methyl sites for hydroxylation is 1. The van der Waals surface area contributed by atoms with Crippen LogP contribution in [0.3, 0.4) is 0 Å². The van der Waals surface area contributed by atoms with Crippen molar-refractivity contribution in [3.8, 4) is 6.07 Å². The fourth-order valence-electron chi connectivity index (χ4n) is 2.55. The molecular weight excluding hydrogens is 246 g/mol. The molecule has 1 aliphatic carbocycles. The molecule has 0 fully saturated rings. The summed E-state index contributed by atoms with van der Waals surface area (Å²) < 4.78 is 0. The second-order valence-corrected chi connectivity index (χ2v) is 4.89. The number of nitrogens with zero attached hydrogens (tertiary/aromatic N) is 1. The van der Waals surface area contributed by atoms with E-state index in [1.54, 1.807) is 12.1 Å². The van der Waals surface area contributed by atoms with Gasteiger partial charge in [-0.3, -0.25) is 4.79 Å². The van der Waals surface area contributed by atoms with Crippen LogP contribution in [0.5, 0.6) is 0 Å². The number of benzene rings is 2. The normalized spacial score (nSPS) is 15.8. The SMILES string of the molecule is N#Cc1cccc(/C=C2\CCc3ccccc3C2=O)c1. The van der Waals surface area contributed by atoms with Gasteiger partial charge in [-0.15, -0.1) is 0 Å². The molecule has 96 valence electrons. The van der Waals surface area contributed by atoms with Gasteiger partial charge in [0.2, 0.25) is 0 Å². The smallest absolute Gasteiger partial charge is 0.189 e. The molecule has 0 saturated heterocycles. The summed E-state index contributed by atoms with van der Waals surface area (Å²) in [6, 6.07) is 17.2. The van der Waals surface area contributed by atoms with E-state index in [4.69, 9.17) is 5.26 Å². The Morgan fingerprint density at radius 3 is 2.75 bits per heavy atom. The van der Waals surface area contributed by atoms with Crippen LogP contribution in [0.25, 0.3) is 6.08 Å². The molecule has 20 heavy (non-hydrogen) atoms. The van der Waals surface area contributed by atoms with Crippen molar-refractivity contribution in [3.63, 3.8) is 0 Å². The lowest BCUT2D eigenvalue weighted by Crippen LogP contribution is -2.13. The molecule has 0 spiro atoms. The van der Waals surface area contributed by atoms with Gasteiger partial charge in [0.05, 0.1) is 11.6 Å². The average Bonchev–Trinajstić information content (AvgIpc) is 2.50. The predicted octanol–water partition coefficient (Wildman–Crippen LogP) is 3.77. The molecule has 2 aromatic rings. The Hall–Kier alpha value is -2.66. The maximum atomic E-state index is 12.4. The molecule has 2 heteroatoms. The van der Waals surface area contributed by atoms with Crippen LogP contribution in [0.2, 0.25) is 0 Å². The topological polar surface area (TPSA) is 40.9 Å². The Bertz CT molecular complexity index is 750. The molecule has 0 amide bonds. The van der Waals surface area contributed by atoms with Crippen molar-refractivity contribution in [1.82, 2.24) is 0 Å². The molecular formula is C18H13NO. The highest BCUT2D eigenvalue weighted by Gasteiger charge is 2.20. The molecule has 0 heterocycles. The molecule has 0 unspecified atom stereocenters. The van der Waals surface area contributed by atoms with Gasteiger partial charge in [0.1, 0.15) is 0 Å². The van der Waals surface area contributed by atoms with E-state index in [1.165, 1.54) is 0 Å². The maximum absolute atomic E-state index is 12.4. The van der Waals surface area contributed by atoms with Crippen LogP contribution in [0.1, 0.15) is 33.5 Å². The van der Waals surface area contributed by atoms with Crippen LogP contribution in [0, 0.1) is 11.3 Å². The number of carbonyl (C=O) groups is 1. The van der Waals surface area contributed by atoms with Crippen molar-refractivity contribution in [2.24, 2.45) is 0 Å². The molecule has 2 nitrogen and oxygen atoms in total. The van der Waals surface area contributed by atoms with E-state index in [0.717, 1.165) is 35.1 Å². The summed E-state index contributed by atoms with van der Waals surface area (Å²) in [5.74, 6) is 0.106. The molecule has 0 atom stereocenters. The van der Waals surface area contributed by atoms with Crippen LogP contribution in [0.15, 0.2) is 54.1 Å². The van der Waals surface area contributed by atoms with Crippen molar-refractivity contribution in [1.29, 1.82) is 5.26 Å². The molecule has 0 aromatic heterocycles. The number of nitriles is 1. The van der Waals surface area contributed by atoms with Gasteiger partial charge in [-0.05, 0) is 42.2 Å². The molecule has 0 saturated carbocycles. The van der Waals surface area contributed by atoms with Gasteiger partial charge in [0.25, 0.3) is 0 Å². The standard InChI is InChI=1S/C18H13NO/c19-12-14-5-3-4-13(10-14)11-16-9-8-15-6-1-2-7-17(15)18(16)20/h1-7,10-11H,8-9H2/b16-11+. The van der Waals surface area contributed by atoms with Gasteiger partial charge in [0.15, 0.2) is 5.78 Å². The first-order valence-electron chi connectivity index (χ1n) is 6.61. The minimum atomic E-state index is 0.106. The summed E-state index contributed by atoms with van der Waals surface area (Å²) in [6.45, 7) is 0. The van der Waals surface area contributed by atoms with E-state index in [2.05, 4.69) is 6.07 Å². The van der Waals surface area contributed by atoms with Crippen LogP contribution < -0.4 is 0 Å². The lowest BCUT2D eigenvalue weighted by Gasteiger charge is -2.17. The van der Waals surface area contributed by atoms with Crippen molar-refractivity contribution >= 4 is 11.9 Å². The number of fused-ring (bicyclic) bond motifs is 1. The predicted molar refractivity (Wildman–Crippen MR) is 78.2 cm³/mol. The Morgan fingerprint density at radius 1 is 1.05 bits per heavy atom. The van der Waals surface area contributed by atoms with E-state index in [-0.39, 0.29) is 5.78 Å². The summed E-state index contributed by atoms with van der Waals surface area (Å²) in [4.78, 5) is 12.4. The summed E-state index contributed by atoms with van der Waals surface area (Å²) in [5.41, 5.74) is 4.27. The van der Waals surface area contributed by atoms with Crippen molar-refractivity contribution in [3.05, 3.63) is 76.4 Å². The Balaban J connectivity index is 1.98. The number of allylic oxidation sites excluding steroid dienone is 1. The lowest BCUT2D eigenvalue weighted by molar-refractivity contribution is 0.102. The summed E-state index contributed by atoms with van der Waals surface area (Å²) in [5, 5.41) is 8.91. The highest BCUT2D eigenvalue weighted by molar-refractivity contribution is 6.13. The van der Waals surface area contributed by atoms with Crippen LogP contribution in [-0.2, 0) is 6.42 Å². The second-order valence-electron chi connectivity index (χ2n) is 4.89. The minimum absolute atomic E-state index is 0.106. The van der Waals surface area contributed by atoms with E-state index < -0.39 is 0 Å². The zero-order valence-electron chi connectivity index (χ0n) is 11.0. The number of ketones is 1. The van der Waals surface area contributed by atoms with E-state index in [0.29, 0.717) is 5.56 Å². The van der Waals surface area contributed by atoms with E-state index in [1.807, 2.05) is 42.5 Å². The first-order valence-corrected chi connectivity index (χ1v) is 6.61. The van der Waals surface area contributed by atoms with E-state index in [9.17, 15) is 4.79 Å². The van der Waals surface area contributed by atoms with E-state index >= 15 is 0 Å². The molecule has 2 aromatic carbocycles. The number of hydrogen-bond donors (Lipinski definition) is 0. The fraction of sp³-hybridized carbons (Fsp3) is 0.111. The van der Waals surface area contributed by atoms with Crippen LogP contribution in [-0.4, -0.2) is 5.78 Å². The maximum Gasteiger partial charge on any atom is 0.189 e. The second kappa shape index (κ2) is 5.14. The number of hydrogen-bond acceptors (Lipinski definition) is 2. The Labute approximate surface area is 118 Å². The summed E-state index contributed by atoms with van der Waals surface area (Å²) in [7, 11) is 0. The third kappa shape index (κ3) is 2.26. The largest absolute Gasteiger partial charge is 0.289 e. The van der Waals surface area contributed by atoms with Gasteiger partial charge in [-0.1, -0.05) is 36.4 Å². The summed E-state index contributed by atoms with van der Waals surface area (Å²) in [6.07, 6.45) is 3.55. The van der Waals surface area contributed by atoms with Crippen molar-refractivity contribution < 1.29 is 4.79 Å². The van der Waals surface area contributed by atoms with Crippen molar-refractivity contribution in [2.45, 2.75) is 12.8 Å². The molecule has 0 bridgehead atoms. The molecule has 0 aliphatic heterocycles. The fourth-order valence-corrected chi connectivity index (χ4v) is 2.55. The third-order valence-corrected chi connectivity index (χ3v) is 3.57.